The first kappa shape index (κ1) is 13.1. The molecule has 1 aromatic rings. The fourth-order valence-corrected chi connectivity index (χ4v) is 3.10. The SMILES string of the molecule is CNC(=O)CC(c1ccccc1)C1CCCCC1. The molecule has 1 aliphatic rings. The third-order valence-electron chi connectivity index (χ3n) is 4.13. The van der Waals surface area contributed by atoms with E-state index in [9.17, 15) is 4.79 Å². The highest BCUT2D eigenvalue weighted by molar-refractivity contribution is 5.76. The van der Waals surface area contributed by atoms with E-state index in [1.807, 2.05) is 6.07 Å². The standard InChI is InChI=1S/C16H23NO/c1-17-16(18)12-15(13-8-4-2-5-9-13)14-10-6-3-7-11-14/h2,4-5,8-9,14-15H,3,6-7,10-12H2,1H3,(H,17,18). The molecule has 1 atom stereocenters. The number of carbonyl (C=O) groups excluding carboxylic acids is 1. The zero-order valence-electron chi connectivity index (χ0n) is 11.2. The fraction of sp³-hybridized carbons (Fsp3) is 0.562. The fourth-order valence-electron chi connectivity index (χ4n) is 3.10. The van der Waals surface area contributed by atoms with Crippen LogP contribution in [0.5, 0.6) is 0 Å². The van der Waals surface area contributed by atoms with E-state index in [1.165, 1.54) is 37.7 Å². The van der Waals surface area contributed by atoms with E-state index in [0.29, 0.717) is 18.3 Å². The van der Waals surface area contributed by atoms with Gasteiger partial charge in [-0.3, -0.25) is 4.79 Å². The Morgan fingerprint density at radius 3 is 2.50 bits per heavy atom. The van der Waals surface area contributed by atoms with Crippen LogP contribution in [0.25, 0.3) is 0 Å². The highest BCUT2D eigenvalue weighted by Gasteiger charge is 2.26. The molecule has 2 nitrogen and oxygen atoms in total. The molecule has 2 heteroatoms. The molecule has 0 saturated heterocycles. The van der Waals surface area contributed by atoms with Gasteiger partial charge < -0.3 is 5.32 Å². The molecule has 0 spiro atoms. The number of hydrogen-bond donors (Lipinski definition) is 1. The largest absolute Gasteiger partial charge is 0.359 e. The van der Waals surface area contributed by atoms with Crippen molar-refractivity contribution >= 4 is 5.91 Å². The Kier molecular flexibility index (Phi) is 4.80. The molecule has 1 amide bonds. The number of nitrogens with one attached hydrogen (secondary N) is 1. The first-order valence-corrected chi connectivity index (χ1v) is 7.07. The van der Waals surface area contributed by atoms with Crippen molar-refractivity contribution in [2.45, 2.75) is 44.4 Å². The minimum absolute atomic E-state index is 0.162. The lowest BCUT2D eigenvalue weighted by atomic mass is 9.75. The van der Waals surface area contributed by atoms with Gasteiger partial charge in [-0.1, -0.05) is 49.6 Å². The van der Waals surface area contributed by atoms with Crippen LogP contribution in [0.15, 0.2) is 30.3 Å². The van der Waals surface area contributed by atoms with E-state index in [1.54, 1.807) is 7.05 Å². The molecule has 1 N–H and O–H groups in total. The van der Waals surface area contributed by atoms with Crippen LogP contribution in [-0.4, -0.2) is 13.0 Å². The van der Waals surface area contributed by atoms with Gasteiger partial charge >= 0.3 is 0 Å². The monoisotopic (exact) mass is 245 g/mol. The molecular formula is C16H23NO. The number of rotatable bonds is 4. The molecule has 1 saturated carbocycles. The van der Waals surface area contributed by atoms with Gasteiger partial charge in [0.05, 0.1) is 0 Å². The van der Waals surface area contributed by atoms with Crippen LogP contribution in [0, 0.1) is 5.92 Å². The van der Waals surface area contributed by atoms with Gasteiger partial charge in [-0.05, 0) is 30.2 Å². The smallest absolute Gasteiger partial charge is 0.220 e. The molecule has 1 aliphatic carbocycles. The van der Waals surface area contributed by atoms with Crippen molar-refractivity contribution in [1.82, 2.24) is 5.32 Å². The molecule has 1 fully saturated rings. The quantitative estimate of drug-likeness (QED) is 0.864. The molecule has 18 heavy (non-hydrogen) atoms. The van der Waals surface area contributed by atoms with Crippen molar-refractivity contribution < 1.29 is 4.79 Å². The molecular weight excluding hydrogens is 222 g/mol. The van der Waals surface area contributed by atoms with Gasteiger partial charge in [-0.2, -0.15) is 0 Å². The average molecular weight is 245 g/mol. The maximum Gasteiger partial charge on any atom is 0.220 e. The highest BCUT2D eigenvalue weighted by Crippen LogP contribution is 2.37. The van der Waals surface area contributed by atoms with E-state index in [0.717, 1.165) is 0 Å². The second kappa shape index (κ2) is 6.58. The zero-order chi connectivity index (χ0) is 12.8. The molecule has 0 radical (unpaired) electrons. The first-order chi connectivity index (χ1) is 8.81. The summed E-state index contributed by atoms with van der Waals surface area (Å²) < 4.78 is 0. The molecule has 0 heterocycles. The summed E-state index contributed by atoms with van der Waals surface area (Å²) in [5.74, 6) is 1.24. The summed E-state index contributed by atoms with van der Waals surface area (Å²) in [6, 6.07) is 10.5. The first-order valence-electron chi connectivity index (χ1n) is 7.07. The Balaban J connectivity index is 2.14. The minimum Gasteiger partial charge on any atom is -0.359 e. The van der Waals surface area contributed by atoms with Crippen molar-refractivity contribution in [3.8, 4) is 0 Å². The van der Waals surface area contributed by atoms with Gasteiger partial charge in [0, 0.05) is 13.5 Å². The maximum atomic E-state index is 11.7. The van der Waals surface area contributed by atoms with Crippen LogP contribution < -0.4 is 5.32 Å². The normalized spacial score (nSPS) is 18.3. The van der Waals surface area contributed by atoms with Gasteiger partial charge in [0.1, 0.15) is 0 Å². The molecule has 0 aromatic heterocycles. The van der Waals surface area contributed by atoms with Crippen LogP contribution >= 0.6 is 0 Å². The van der Waals surface area contributed by atoms with E-state index >= 15 is 0 Å². The molecule has 0 bridgehead atoms. The Hall–Kier alpha value is -1.31. The Bertz CT molecular complexity index is 368. The summed E-state index contributed by atoms with van der Waals surface area (Å²) in [6.07, 6.45) is 7.18. The van der Waals surface area contributed by atoms with E-state index in [-0.39, 0.29) is 5.91 Å². The summed E-state index contributed by atoms with van der Waals surface area (Å²) in [4.78, 5) is 11.7. The van der Waals surface area contributed by atoms with E-state index in [2.05, 4.69) is 29.6 Å². The van der Waals surface area contributed by atoms with E-state index < -0.39 is 0 Å². The van der Waals surface area contributed by atoms with Crippen LogP contribution in [-0.2, 0) is 4.79 Å². The Morgan fingerprint density at radius 1 is 1.22 bits per heavy atom. The minimum atomic E-state index is 0.162. The van der Waals surface area contributed by atoms with Gasteiger partial charge in [0.25, 0.3) is 0 Å². The number of carbonyl (C=O) groups is 1. The van der Waals surface area contributed by atoms with Crippen LogP contribution in [0.3, 0.4) is 0 Å². The molecule has 1 aromatic carbocycles. The summed E-state index contributed by atoms with van der Waals surface area (Å²) in [5, 5.41) is 2.77. The van der Waals surface area contributed by atoms with E-state index in [4.69, 9.17) is 0 Å². The molecule has 98 valence electrons. The summed E-state index contributed by atoms with van der Waals surface area (Å²) in [5.41, 5.74) is 1.33. The lowest BCUT2D eigenvalue weighted by molar-refractivity contribution is -0.121. The maximum absolute atomic E-state index is 11.7. The summed E-state index contributed by atoms with van der Waals surface area (Å²) in [6.45, 7) is 0. The van der Waals surface area contributed by atoms with Gasteiger partial charge in [-0.15, -0.1) is 0 Å². The Morgan fingerprint density at radius 2 is 1.89 bits per heavy atom. The van der Waals surface area contributed by atoms with Crippen LogP contribution in [0.1, 0.15) is 50.0 Å². The summed E-state index contributed by atoms with van der Waals surface area (Å²) >= 11 is 0. The molecule has 2 rings (SSSR count). The van der Waals surface area contributed by atoms with Crippen molar-refractivity contribution in [1.29, 1.82) is 0 Å². The predicted molar refractivity (Wildman–Crippen MR) is 74.4 cm³/mol. The molecule has 1 unspecified atom stereocenters. The number of hydrogen-bond acceptors (Lipinski definition) is 1. The topological polar surface area (TPSA) is 29.1 Å². The second-order valence-electron chi connectivity index (χ2n) is 5.29. The summed E-state index contributed by atoms with van der Waals surface area (Å²) in [7, 11) is 1.73. The van der Waals surface area contributed by atoms with Crippen LogP contribution in [0.2, 0.25) is 0 Å². The Labute approximate surface area is 110 Å². The average Bonchev–Trinajstić information content (AvgIpc) is 2.46. The highest BCUT2D eigenvalue weighted by atomic mass is 16.1. The lowest BCUT2D eigenvalue weighted by Crippen LogP contribution is -2.25. The lowest BCUT2D eigenvalue weighted by Gasteiger charge is -2.30. The number of benzene rings is 1. The third kappa shape index (κ3) is 3.34. The third-order valence-corrected chi connectivity index (χ3v) is 4.13. The number of amides is 1. The van der Waals surface area contributed by atoms with Crippen molar-refractivity contribution in [3.63, 3.8) is 0 Å². The van der Waals surface area contributed by atoms with Crippen LogP contribution in [0.4, 0.5) is 0 Å². The predicted octanol–water partition coefficient (Wildman–Crippen LogP) is 3.49. The van der Waals surface area contributed by atoms with Crippen molar-refractivity contribution in [2.75, 3.05) is 7.05 Å². The zero-order valence-corrected chi connectivity index (χ0v) is 11.2. The van der Waals surface area contributed by atoms with Crippen molar-refractivity contribution in [3.05, 3.63) is 35.9 Å². The van der Waals surface area contributed by atoms with Gasteiger partial charge in [0.15, 0.2) is 0 Å². The van der Waals surface area contributed by atoms with Crippen molar-refractivity contribution in [2.24, 2.45) is 5.92 Å². The second-order valence-corrected chi connectivity index (χ2v) is 5.29. The molecule has 0 aliphatic heterocycles. The van der Waals surface area contributed by atoms with Gasteiger partial charge in [-0.25, -0.2) is 0 Å². The van der Waals surface area contributed by atoms with Gasteiger partial charge in [0.2, 0.25) is 5.91 Å².